The van der Waals surface area contributed by atoms with E-state index in [1.807, 2.05) is 45.0 Å². The third-order valence-corrected chi connectivity index (χ3v) is 5.21. The normalized spacial score (nSPS) is 15.0. The minimum Gasteiger partial charge on any atom is -0.497 e. The van der Waals surface area contributed by atoms with E-state index in [2.05, 4.69) is 4.99 Å². The number of carbonyl (C=O) groups excluding carboxylic acids is 2. The Morgan fingerprint density at radius 2 is 1.75 bits per heavy atom. The van der Waals surface area contributed by atoms with Gasteiger partial charge >= 0.3 is 5.97 Å². The third kappa shape index (κ3) is 5.91. The molecule has 0 fully saturated rings. The molecular formula is C24H26N2O5S. The van der Waals surface area contributed by atoms with Gasteiger partial charge in [0.15, 0.2) is 5.17 Å². The van der Waals surface area contributed by atoms with Gasteiger partial charge in [-0.1, -0.05) is 30.0 Å². The second-order valence-corrected chi connectivity index (χ2v) is 8.86. The molecular weight excluding hydrogens is 428 g/mol. The molecule has 7 nitrogen and oxygen atoms in total. The highest BCUT2D eigenvalue weighted by molar-refractivity contribution is 8.14. The molecule has 8 heteroatoms. The van der Waals surface area contributed by atoms with Crippen LogP contribution in [-0.4, -0.2) is 42.6 Å². The van der Waals surface area contributed by atoms with Gasteiger partial charge in [0.25, 0.3) is 5.91 Å². The van der Waals surface area contributed by atoms with E-state index in [-0.39, 0.29) is 23.3 Å². The maximum Gasteiger partial charge on any atom is 0.316 e. The van der Waals surface area contributed by atoms with Crippen LogP contribution in [-0.2, 0) is 14.3 Å². The highest BCUT2D eigenvalue weighted by Crippen LogP contribution is 2.31. The topological polar surface area (TPSA) is 77.4 Å². The summed E-state index contributed by atoms with van der Waals surface area (Å²) in [7, 11) is 3.16. The molecule has 32 heavy (non-hydrogen) atoms. The highest BCUT2D eigenvalue weighted by atomic mass is 32.2. The lowest BCUT2D eigenvalue weighted by atomic mass is 10.2. The Hall–Kier alpha value is -3.26. The van der Waals surface area contributed by atoms with Gasteiger partial charge < -0.3 is 14.2 Å². The van der Waals surface area contributed by atoms with Crippen LogP contribution in [0.4, 0.5) is 5.69 Å². The predicted molar refractivity (Wildman–Crippen MR) is 127 cm³/mol. The maximum atomic E-state index is 13.3. The first-order valence-electron chi connectivity index (χ1n) is 9.98. The number of amides is 1. The Morgan fingerprint density at radius 3 is 2.38 bits per heavy atom. The molecule has 1 aliphatic rings. The number of nitrogens with zero attached hydrogens (tertiary/aromatic N) is 2. The fraction of sp³-hybridized carbons (Fsp3) is 0.292. The third-order valence-electron chi connectivity index (χ3n) is 4.30. The Bertz CT molecular complexity index is 1050. The molecule has 2 aromatic carbocycles. The zero-order chi connectivity index (χ0) is 23.3. The number of amidine groups is 1. The lowest BCUT2D eigenvalue weighted by Crippen LogP contribution is -2.31. The van der Waals surface area contributed by atoms with Crippen molar-refractivity contribution in [3.05, 3.63) is 59.8 Å². The smallest absolute Gasteiger partial charge is 0.316 e. The number of esters is 1. The number of rotatable bonds is 6. The summed E-state index contributed by atoms with van der Waals surface area (Å²) >= 11 is 1.15. The molecule has 168 valence electrons. The van der Waals surface area contributed by atoms with Crippen LogP contribution in [0.25, 0.3) is 6.08 Å². The van der Waals surface area contributed by atoms with Gasteiger partial charge in [-0.3, -0.25) is 14.5 Å². The summed E-state index contributed by atoms with van der Waals surface area (Å²) in [6.07, 6.45) is 1.70. The van der Waals surface area contributed by atoms with Crippen molar-refractivity contribution in [3.8, 4) is 11.5 Å². The van der Waals surface area contributed by atoms with Crippen LogP contribution in [0.1, 0.15) is 26.3 Å². The molecule has 0 N–H and O–H groups in total. The minimum absolute atomic E-state index is 0.0274. The lowest BCUT2D eigenvalue weighted by Gasteiger charge is -2.21. The van der Waals surface area contributed by atoms with E-state index >= 15 is 0 Å². The van der Waals surface area contributed by atoms with Crippen molar-refractivity contribution < 1.29 is 23.8 Å². The summed E-state index contributed by atoms with van der Waals surface area (Å²) in [6, 6.07) is 14.4. The number of thioether (sulfide) groups is 1. The van der Waals surface area contributed by atoms with E-state index in [4.69, 9.17) is 14.2 Å². The van der Waals surface area contributed by atoms with Crippen LogP contribution in [0.2, 0.25) is 0 Å². The van der Waals surface area contributed by atoms with Gasteiger partial charge in [-0.2, -0.15) is 0 Å². The van der Waals surface area contributed by atoms with Crippen LogP contribution in [0, 0.1) is 0 Å². The van der Waals surface area contributed by atoms with Crippen molar-refractivity contribution in [2.24, 2.45) is 4.99 Å². The number of methoxy groups -OCH3 is 2. The number of hydrogen-bond acceptors (Lipinski definition) is 7. The van der Waals surface area contributed by atoms with Gasteiger partial charge in [-0.05, 0) is 56.7 Å². The fourth-order valence-corrected chi connectivity index (χ4v) is 3.71. The number of aliphatic imine (C=N–C) groups is 1. The first-order chi connectivity index (χ1) is 15.2. The van der Waals surface area contributed by atoms with E-state index in [9.17, 15) is 9.59 Å². The first-order valence-corrected chi connectivity index (χ1v) is 11.0. The van der Waals surface area contributed by atoms with Crippen LogP contribution in [0.15, 0.2) is 59.2 Å². The van der Waals surface area contributed by atoms with Crippen molar-refractivity contribution in [2.75, 3.05) is 24.9 Å². The quantitative estimate of drug-likeness (QED) is 0.472. The average molecular weight is 455 g/mol. The van der Waals surface area contributed by atoms with Gasteiger partial charge in [0.2, 0.25) is 0 Å². The lowest BCUT2D eigenvalue weighted by molar-refractivity contribution is -0.151. The molecule has 0 bridgehead atoms. The fourth-order valence-electron chi connectivity index (χ4n) is 2.92. The highest BCUT2D eigenvalue weighted by Gasteiger charge is 2.33. The number of anilines is 1. The standard InChI is InChI=1S/C24H26N2O5S/c1-24(2,3)31-21(27)15-32-23-25-20(13-16-9-11-18(29-4)12-10-16)22(28)26(23)17-7-6-8-19(14-17)30-5/h6-14H,15H2,1-5H3/b20-13-. The monoisotopic (exact) mass is 454 g/mol. The Morgan fingerprint density at radius 1 is 1.06 bits per heavy atom. The van der Waals surface area contributed by atoms with Gasteiger partial charge in [-0.15, -0.1) is 0 Å². The summed E-state index contributed by atoms with van der Waals surface area (Å²) in [4.78, 5) is 31.5. The average Bonchev–Trinajstić information content (AvgIpc) is 3.06. The van der Waals surface area contributed by atoms with Crippen molar-refractivity contribution in [1.82, 2.24) is 0 Å². The van der Waals surface area contributed by atoms with E-state index in [0.717, 1.165) is 23.1 Å². The first kappa shape index (κ1) is 23.4. The molecule has 0 unspecified atom stereocenters. The number of hydrogen-bond donors (Lipinski definition) is 0. The molecule has 0 saturated heterocycles. The molecule has 2 aromatic rings. The molecule has 0 saturated carbocycles. The van der Waals surface area contributed by atoms with Crippen LogP contribution in [0.3, 0.4) is 0 Å². The summed E-state index contributed by atoms with van der Waals surface area (Å²) < 4.78 is 15.9. The number of carbonyl (C=O) groups is 2. The van der Waals surface area contributed by atoms with Crippen molar-refractivity contribution in [2.45, 2.75) is 26.4 Å². The van der Waals surface area contributed by atoms with Crippen LogP contribution >= 0.6 is 11.8 Å². The number of ether oxygens (including phenoxy) is 3. The molecule has 0 radical (unpaired) electrons. The minimum atomic E-state index is -0.586. The van der Waals surface area contributed by atoms with Crippen LogP contribution in [0.5, 0.6) is 11.5 Å². The van der Waals surface area contributed by atoms with Crippen molar-refractivity contribution in [1.29, 1.82) is 0 Å². The van der Waals surface area contributed by atoms with Gasteiger partial charge in [0, 0.05) is 6.07 Å². The van der Waals surface area contributed by atoms with Gasteiger partial charge in [-0.25, -0.2) is 4.99 Å². The van der Waals surface area contributed by atoms with E-state index in [0.29, 0.717) is 16.6 Å². The Balaban J connectivity index is 1.91. The molecule has 0 spiro atoms. The summed E-state index contributed by atoms with van der Waals surface area (Å²) in [5.74, 6) is 0.690. The second kappa shape index (κ2) is 9.91. The Kier molecular flexibility index (Phi) is 7.25. The molecule has 1 amide bonds. The number of benzene rings is 2. The predicted octanol–water partition coefficient (Wildman–Crippen LogP) is 4.52. The zero-order valence-electron chi connectivity index (χ0n) is 18.7. The van der Waals surface area contributed by atoms with E-state index in [1.165, 1.54) is 4.90 Å². The molecule has 1 aliphatic heterocycles. The largest absolute Gasteiger partial charge is 0.497 e. The van der Waals surface area contributed by atoms with Gasteiger partial charge in [0.05, 0.1) is 25.7 Å². The van der Waals surface area contributed by atoms with E-state index in [1.54, 1.807) is 44.6 Å². The summed E-state index contributed by atoms with van der Waals surface area (Å²) in [6.45, 7) is 5.43. The zero-order valence-corrected chi connectivity index (χ0v) is 19.6. The maximum absolute atomic E-state index is 13.3. The Labute approximate surface area is 192 Å². The molecule has 3 rings (SSSR count). The SMILES string of the molecule is COc1ccc(/C=C2\N=C(SCC(=O)OC(C)(C)C)N(c3cccc(OC)c3)C2=O)cc1. The molecule has 0 atom stereocenters. The van der Waals surface area contributed by atoms with Gasteiger partial charge in [0.1, 0.15) is 22.8 Å². The van der Waals surface area contributed by atoms with Crippen molar-refractivity contribution in [3.63, 3.8) is 0 Å². The van der Waals surface area contributed by atoms with Crippen LogP contribution < -0.4 is 14.4 Å². The molecule has 1 heterocycles. The second-order valence-electron chi connectivity index (χ2n) is 7.91. The molecule has 0 aromatic heterocycles. The summed E-state index contributed by atoms with van der Waals surface area (Å²) in [5, 5.41) is 0.397. The van der Waals surface area contributed by atoms with E-state index < -0.39 is 5.60 Å². The molecule has 0 aliphatic carbocycles. The summed E-state index contributed by atoms with van der Waals surface area (Å²) in [5.41, 5.74) is 1.09. The van der Waals surface area contributed by atoms with Crippen molar-refractivity contribution >= 4 is 40.6 Å².